The molecule has 0 aromatic heterocycles. The molecule has 0 heterocycles. The average Bonchev–Trinajstić information content (AvgIpc) is 2.83. The summed E-state index contributed by atoms with van der Waals surface area (Å²) in [4.78, 5) is 14.0. The summed E-state index contributed by atoms with van der Waals surface area (Å²) >= 11 is 0. The van der Waals surface area contributed by atoms with Crippen molar-refractivity contribution in [1.82, 2.24) is 4.90 Å². The third-order valence-electron chi connectivity index (χ3n) is 4.98. The molecule has 0 aliphatic heterocycles. The molecule has 0 spiro atoms. The van der Waals surface area contributed by atoms with Crippen LogP contribution in [0.3, 0.4) is 0 Å². The molecule has 104 valence electrons. The molecule has 0 bridgehead atoms. The molecule has 2 aliphatic carbocycles. The summed E-state index contributed by atoms with van der Waals surface area (Å²) in [5.41, 5.74) is 0. The number of hydrogen-bond acceptors (Lipinski definition) is 2. The Morgan fingerprint density at radius 1 is 1.22 bits per heavy atom. The van der Waals surface area contributed by atoms with Gasteiger partial charge in [0.15, 0.2) is 0 Å². The zero-order valence-corrected chi connectivity index (χ0v) is 11.8. The van der Waals surface area contributed by atoms with Crippen molar-refractivity contribution in [3.05, 3.63) is 0 Å². The van der Waals surface area contributed by atoms with Crippen LogP contribution in [-0.4, -0.2) is 34.6 Å². The minimum atomic E-state index is -0.580. The van der Waals surface area contributed by atoms with Gasteiger partial charge in [0.25, 0.3) is 0 Å². The van der Waals surface area contributed by atoms with Crippen molar-refractivity contribution in [2.24, 2.45) is 11.8 Å². The van der Waals surface area contributed by atoms with Gasteiger partial charge >= 0.3 is 5.97 Å². The highest BCUT2D eigenvalue weighted by atomic mass is 16.4. The molecule has 0 amide bonds. The Hall–Kier alpha value is -0.570. The van der Waals surface area contributed by atoms with Crippen LogP contribution < -0.4 is 0 Å². The zero-order valence-electron chi connectivity index (χ0n) is 11.8. The molecule has 0 aromatic carbocycles. The lowest BCUT2D eigenvalue weighted by Gasteiger charge is -2.43. The lowest BCUT2D eigenvalue weighted by molar-refractivity contribution is -0.146. The number of carbonyl (C=O) groups is 1. The molecule has 1 N–H and O–H groups in total. The molecule has 2 aliphatic rings. The van der Waals surface area contributed by atoms with E-state index in [1.807, 2.05) is 0 Å². The summed E-state index contributed by atoms with van der Waals surface area (Å²) < 4.78 is 0. The van der Waals surface area contributed by atoms with E-state index in [-0.39, 0.29) is 12.0 Å². The van der Waals surface area contributed by atoms with Crippen molar-refractivity contribution in [2.45, 2.75) is 70.9 Å². The van der Waals surface area contributed by atoms with Crippen LogP contribution in [0.1, 0.15) is 58.8 Å². The van der Waals surface area contributed by atoms with Crippen molar-refractivity contribution < 1.29 is 9.90 Å². The second-order valence-electron chi connectivity index (χ2n) is 6.20. The molecule has 2 saturated carbocycles. The summed E-state index contributed by atoms with van der Waals surface area (Å²) in [5, 5.41) is 9.46. The SMILES string of the molecule is CCN(C1CCCC1)C1CC(C)CCC1C(=O)O. The standard InChI is InChI=1S/C15H27NO2/c1-3-16(12-6-4-5-7-12)14-10-11(2)8-9-13(14)15(17)18/h11-14H,3-10H2,1-2H3,(H,17,18). The van der Waals surface area contributed by atoms with Gasteiger partial charge in [0, 0.05) is 12.1 Å². The minimum absolute atomic E-state index is 0.137. The molecule has 18 heavy (non-hydrogen) atoms. The van der Waals surface area contributed by atoms with Crippen molar-refractivity contribution >= 4 is 5.97 Å². The molecule has 0 saturated heterocycles. The van der Waals surface area contributed by atoms with E-state index in [0.717, 1.165) is 25.8 Å². The van der Waals surface area contributed by atoms with Gasteiger partial charge in [-0.25, -0.2) is 0 Å². The highest BCUT2D eigenvalue weighted by Crippen LogP contribution is 2.36. The first-order valence-electron chi connectivity index (χ1n) is 7.62. The lowest BCUT2D eigenvalue weighted by Crippen LogP contribution is -2.50. The molecule has 0 radical (unpaired) electrons. The maximum Gasteiger partial charge on any atom is 0.308 e. The summed E-state index contributed by atoms with van der Waals surface area (Å²) in [7, 11) is 0. The Kier molecular flexibility index (Phi) is 4.66. The van der Waals surface area contributed by atoms with Crippen molar-refractivity contribution in [3.63, 3.8) is 0 Å². The van der Waals surface area contributed by atoms with Crippen LogP contribution in [0.5, 0.6) is 0 Å². The van der Waals surface area contributed by atoms with E-state index in [2.05, 4.69) is 18.7 Å². The zero-order chi connectivity index (χ0) is 13.1. The largest absolute Gasteiger partial charge is 0.481 e. The van der Waals surface area contributed by atoms with Gasteiger partial charge in [0.2, 0.25) is 0 Å². The average molecular weight is 253 g/mol. The molecule has 3 unspecified atom stereocenters. The third kappa shape index (κ3) is 2.87. The Bertz CT molecular complexity index is 286. The molecule has 0 aromatic rings. The van der Waals surface area contributed by atoms with Gasteiger partial charge in [-0.05, 0) is 44.6 Å². The van der Waals surface area contributed by atoms with E-state index in [4.69, 9.17) is 0 Å². The first-order valence-corrected chi connectivity index (χ1v) is 7.62. The van der Waals surface area contributed by atoms with Crippen molar-refractivity contribution in [1.29, 1.82) is 0 Å². The Balaban J connectivity index is 2.11. The van der Waals surface area contributed by atoms with E-state index in [1.54, 1.807) is 0 Å². The van der Waals surface area contributed by atoms with Gasteiger partial charge < -0.3 is 5.11 Å². The van der Waals surface area contributed by atoms with Crippen LogP contribution in [0, 0.1) is 11.8 Å². The molecule has 2 rings (SSSR count). The van der Waals surface area contributed by atoms with Crippen LogP contribution in [0.25, 0.3) is 0 Å². The highest BCUT2D eigenvalue weighted by Gasteiger charge is 2.39. The fourth-order valence-corrected chi connectivity index (χ4v) is 4.00. The van der Waals surface area contributed by atoms with Crippen LogP contribution in [-0.2, 0) is 4.79 Å². The van der Waals surface area contributed by atoms with Crippen LogP contribution in [0.4, 0.5) is 0 Å². The molecular weight excluding hydrogens is 226 g/mol. The maximum atomic E-state index is 11.5. The van der Waals surface area contributed by atoms with E-state index in [9.17, 15) is 9.90 Å². The molecular formula is C15H27NO2. The number of aliphatic carboxylic acids is 1. The number of rotatable bonds is 4. The fraction of sp³-hybridized carbons (Fsp3) is 0.933. The third-order valence-corrected chi connectivity index (χ3v) is 4.98. The van der Waals surface area contributed by atoms with E-state index in [0.29, 0.717) is 12.0 Å². The van der Waals surface area contributed by atoms with Crippen LogP contribution in [0.2, 0.25) is 0 Å². The lowest BCUT2D eigenvalue weighted by atomic mass is 9.77. The highest BCUT2D eigenvalue weighted by molar-refractivity contribution is 5.71. The number of nitrogens with zero attached hydrogens (tertiary/aromatic N) is 1. The Morgan fingerprint density at radius 3 is 2.44 bits per heavy atom. The maximum absolute atomic E-state index is 11.5. The number of carboxylic acid groups (broad SMARTS) is 1. The summed E-state index contributed by atoms with van der Waals surface area (Å²) in [6, 6.07) is 0.923. The van der Waals surface area contributed by atoms with Gasteiger partial charge in [-0.3, -0.25) is 9.69 Å². The number of hydrogen-bond donors (Lipinski definition) is 1. The second-order valence-corrected chi connectivity index (χ2v) is 6.20. The van der Waals surface area contributed by atoms with Gasteiger partial charge in [0.1, 0.15) is 0 Å². The minimum Gasteiger partial charge on any atom is -0.481 e. The van der Waals surface area contributed by atoms with E-state index < -0.39 is 5.97 Å². The van der Waals surface area contributed by atoms with Gasteiger partial charge in [-0.1, -0.05) is 26.7 Å². The van der Waals surface area contributed by atoms with E-state index in [1.165, 1.54) is 25.7 Å². The molecule has 3 atom stereocenters. The molecule has 2 fully saturated rings. The Labute approximate surface area is 111 Å². The van der Waals surface area contributed by atoms with Gasteiger partial charge in [0.05, 0.1) is 5.92 Å². The van der Waals surface area contributed by atoms with Crippen molar-refractivity contribution in [2.75, 3.05) is 6.54 Å². The summed E-state index contributed by atoms with van der Waals surface area (Å²) in [6.45, 7) is 5.47. The fourth-order valence-electron chi connectivity index (χ4n) is 4.00. The van der Waals surface area contributed by atoms with Gasteiger partial charge in [-0.15, -0.1) is 0 Å². The van der Waals surface area contributed by atoms with Crippen LogP contribution in [0.15, 0.2) is 0 Å². The summed E-state index contributed by atoms with van der Waals surface area (Å²) in [6.07, 6.45) is 8.19. The first kappa shape index (κ1) is 13.9. The molecule has 3 heteroatoms. The Morgan fingerprint density at radius 2 is 1.89 bits per heavy atom. The summed E-state index contributed by atoms with van der Waals surface area (Å²) in [5.74, 6) is -0.0360. The monoisotopic (exact) mass is 253 g/mol. The predicted octanol–water partition coefficient (Wildman–Crippen LogP) is 3.14. The predicted molar refractivity (Wildman–Crippen MR) is 72.6 cm³/mol. The molecule has 3 nitrogen and oxygen atoms in total. The first-order chi connectivity index (χ1) is 8.63. The van der Waals surface area contributed by atoms with Gasteiger partial charge in [-0.2, -0.15) is 0 Å². The van der Waals surface area contributed by atoms with Crippen molar-refractivity contribution in [3.8, 4) is 0 Å². The second kappa shape index (κ2) is 6.05. The van der Waals surface area contributed by atoms with Crippen LogP contribution >= 0.6 is 0 Å². The van der Waals surface area contributed by atoms with E-state index >= 15 is 0 Å². The quantitative estimate of drug-likeness (QED) is 0.836. The normalized spacial score (nSPS) is 34.1. The smallest absolute Gasteiger partial charge is 0.308 e. The topological polar surface area (TPSA) is 40.5 Å². The number of carboxylic acids is 1.